The SMILES string of the molecule is COc1c(C(=O)NC2CCN(C(=O)OC(C)(C)C)C2)n(C)c2c1c(=O)n(CC(=O)c1ccccc1)c1ccccc21. The molecule has 2 aromatic carbocycles. The molecule has 41 heavy (non-hydrogen) atoms. The van der Waals surface area contributed by atoms with Gasteiger partial charge >= 0.3 is 6.09 Å². The van der Waals surface area contributed by atoms with Crippen molar-refractivity contribution in [1.29, 1.82) is 0 Å². The molecule has 3 heterocycles. The standard InChI is InChI=1S/C31H34N4O6/c1-31(2,3)41-30(39)34-16-15-20(17-34)32-28(37)26-27(40-5)24-25(33(26)4)21-13-9-10-14-22(21)35(29(24)38)18-23(36)19-11-7-6-8-12-19/h6-14,20H,15-18H2,1-5H3,(H,32,37). The zero-order valence-corrected chi connectivity index (χ0v) is 23.9. The van der Waals surface area contributed by atoms with E-state index < -0.39 is 23.2 Å². The van der Waals surface area contributed by atoms with Crippen molar-refractivity contribution in [2.45, 2.75) is 45.4 Å². The van der Waals surface area contributed by atoms with E-state index in [1.165, 1.54) is 11.7 Å². The zero-order chi connectivity index (χ0) is 29.5. The lowest BCUT2D eigenvalue weighted by atomic mass is 10.1. The predicted molar refractivity (Wildman–Crippen MR) is 156 cm³/mol. The molecule has 4 aromatic rings. The maximum absolute atomic E-state index is 14.0. The fraction of sp³-hybridized carbons (Fsp3) is 0.355. The van der Waals surface area contributed by atoms with E-state index >= 15 is 0 Å². The fourth-order valence-corrected chi connectivity index (χ4v) is 5.42. The van der Waals surface area contributed by atoms with Crippen molar-refractivity contribution in [3.63, 3.8) is 0 Å². The van der Waals surface area contributed by atoms with Crippen molar-refractivity contribution in [3.8, 4) is 5.75 Å². The Balaban J connectivity index is 1.53. The summed E-state index contributed by atoms with van der Waals surface area (Å²) in [5.41, 5.74) is 0.766. The average molecular weight is 559 g/mol. The minimum absolute atomic E-state index is 0.138. The summed E-state index contributed by atoms with van der Waals surface area (Å²) in [6.07, 6.45) is 0.141. The van der Waals surface area contributed by atoms with Crippen molar-refractivity contribution in [2.24, 2.45) is 7.05 Å². The van der Waals surface area contributed by atoms with Crippen LogP contribution in [-0.2, 0) is 18.3 Å². The summed E-state index contributed by atoms with van der Waals surface area (Å²) in [6.45, 7) is 6.02. The molecule has 214 valence electrons. The summed E-state index contributed by atoms with van der Waals surface area (Å²) < 4.78 is 14.3. The summed E-state index contributed by atoms with van der Waals surface area (Å²) in [5, 5.41) is 3.93. The number of para-hydroxylation sites is 1. The molecule has 2 aromatic heterocycles. The molecule has 10 nitrogen and oxygen atoms in total. The summed E-state index contributed by atoms with van der Waals surface area (Å²) >= 11 is 0. The van der Waals surface area contributed by atoms with Gasteiger partial charge in [-0.25, -0.2) is 4.79 Å². The first-order valence-electron chi connectivity index (χ1n) is 13.5. The molecular formula is C31H34N4O6. The zero-order valence-electron chi connectivity index (χ0n) is 23.9. The quantitative estimate of drug-likeness (QED) is 0.357. The third-order valence-electron chi connectivity index (χ3n) is 7.25. The third-order valence-corrected chi connectivity index (χ3v) is 7.25. The number of aromatic nitrogens is 2. The number of nitrogens with zero attached hydrogens (tertiary/aromatic N) is 3. The lowest BCUT2D eigenvalue weighted by molar-refractivity contribution is 0.0289. The Morgan fingerprint density at radius 1 is 1.02 bits per heavy atom. The normalized spacial score (nSPS) is 15.3. The highest BCUT2D eigenvalue weighted by atomic mass is 16.6. The number of carbonyl (C=O) groups is 3. The molecule has 1 saturated heterocycles. The van der Waals surface area contributed by atoms with Gasteiger partial charge in [0.15, 0.2) is 17.2 Å². The lowest BCUT2D eigenvalue weighted by Gasteiger charge is -2.24. The van der Waals surface area contributed by atoms with E-state index in [1.54, 1.807) is 52.9 Å². The Morgan fingerprint density at radius 2 is 1.71 bits per heavy atom. The highest BCUT2D eigenvalue weighted by Crippen LogP contribution is 2.35. The first kappa shape index (κ1) is 27.9. The van der Waals surface area contributed by atoms with Gasteiger partial charge in [-0.05, 0) is 33.3 Å². The second-order valence-corrected chi connectivity index (χ2v) is 11.2. The van der Waals surface area contributed by atoms with E-state index in [-0.39, 0.29) is 35.2 Å². The number of rotatable bonds is 6. The largest absolute Gasteiger partial charge is 0.493 e. The number of ketones is 1. The number of methoxy groups -OCH3 is 1. The molecule has 5 rings (SSSR count). The van der Waals surface area contributed by atoms with Gasteiger partial charge in [-0.2, -0.15) is 0 Å². The van der Waals surface area contributed by atoms with Gasteiger partial charge in [0.1, 0.15) is 11.0 Å². The summed E-state index contributed by atoms with van der Waals surface area (Å²) in [6, 6.07) is 15.8. The summed E-state index contributed by atoms with van der Waals surface area (Å²) in [7, 11) is 3.13. The molecule has 1 aliphatic heterocycles. The number of pyridine rings is 1. The highest BCUT2D eigenvalue weighted by Gasteiger charge is 2.33. The molecule has 0 radical (unpaired) electrons. The van der Waals surface area contributed by atoms with Crippen LogP contribution >= 0.6 is 0 Å². The van der Waals surface area contributed by atoms with Gasteiger partial charge in [-0.1, -0.05) is 48.5 Å². The van der Waals surface area contributed by atoms with E-state index in [4.69, 9.17) is 9.47 Å². The third kappa shape index (κ3) is 5.29. The van der Waals surface area contributed by atoms with Gasteiger partial charge in [0, 0.05) is 37.1 Å². The Labute approximate surface area is 237 Å². The number of nitrogens with one attached hydrogen (secondary N) is 1. The Kier molecular flexibility index (Phi) is 7.33. The topological polar surface area (TPSA) is 112 Å². The number of carbonyl (C=O) groups excluding carboxylic acids is 3. The van der Waals surface area contributed by atoms with E-state index in [0.717, 1.165) is 0 Å². The molecule has 1 unspecified atom stereocenters. The van der Waals surface area contributed by atoms with Crippen LogP contribution in [0.4, 0.5) is 4.79 Å². The van der Waals surface area contributed by atoms with Crippen molar-refractivity contribution >= 4 is 39.6 Å². The maximum Gasteiger partial charge on any atom is 0.410 e. The smallest absolute Gasteiger partial charge is 0.410 e. The van der Waals surface area contributed by atoms with Gasteiger partial charge in [0.2, 0.25) is 0 Å². The van der Waals surface area contributed by atoms with Crippen molar-refractivity contribution in [2.75, 3.05) is 20.2 Å². The number of ether oxygens (including phenoxy) is 2. The molecule has 1 aliphatic rings. The van der Waals surface area contributed by atoms with Crippen LogP contribution in [0.1, 0.15) is 48.0 Å². The number of amides is 2. The monoisotopic (exact) mass is 558 g/mol. The van der Waals surface area contributed by atoms with Gasteiger partial charge in [0.25, 0.3) is 11.5 Å². The van der Waals surface area contributed by atoms with Crippen molar-refractivity contribution < 1.29 is 23.9 Å². The minimum Gasteiger partial charge on any atom is -0.493 e. The molecular weight excluding hydrogens is 524 g/mol. The molecule has 0 spiro atoms. The van der Waals surface area contributed by atoms with Crippen LogP contribution < -0.4 is 15.6 Å². The molecule has 0 saturated carbocycles. The van der Waals surface area contributed by atoms with Gasteiger partial charge < -0.3 is 24.3 Å². The lowest BCUT2D eigenvalue weighted by Crippen LogP contribution is -2.40. The van der Waals surface area contributed by atoms with E-state index in [2.05, 4.69) is 5.32 Å². The number of hydrogen-bond acceptors (Lipinski definition) is 6. The first-order chi connectivity index (χ1) is 19.5. The predicted octanol–water partition coefficient (Wildman–Crippen LogP) is 4.12. The Hall–Kier alpha value is -4.60. The van der Waals surface area contributed by atoms with Gasteiger partial charge in [-0.3, -0.25) is 19.0 Å². The Bertz CT molecular complexity index is 1710. The van der Waals surface area contributed by atoms with Gasteiger partial charge in [-0.15, -0.1) is 0 Å². The van der Waals surface area contributed by atoms with Crippen LogP contribution in [0, 0.1) is 0 Å². The molecule has 2 amide bonds. The summed E-state index contributed by atoms with van der Waals surface area (Å²) in [5.74, 6) is -0.494. The van der Waals surface area contributed by atoms with Crippen molar-refractivity contribution in [3.05, 3.63) is 76.2 Å². The minimum atomic E-state index is -0.615. The van der Waals surface area contributed by atoms with Crippen molar-refractivity contribution in [1.82, 2.24) is 19.4 Å². The van der Waals surface area contributed by atoms with Crippen LogP contribution in [-0.4, -0.2) is 63.7 Å². The van der Waals surface area contributed by atoms with Crippen LogP contribution in [0.2, 0.25) is 0 Å². The maximum atomic E-state index is 14.0. The first-order valence-corrected chi connectivity index (χ1v) is 13.5. The van der Waals surface area contributed by atoms with Crippen LogP contribution in [0.3, 0.4) is 0 Å². The van der Waals surface area contributed by atoms with Crippen LogP contribution in [0.25, 0.3) is 21.8 Å². The van der Waals surface area contributed by atoms with E-state index in [1.807, 2.05) is 39.0 Å². The number of fused-ring (bicyclic) bond motifs is 3. The Morgan fingerprint density at radius 3 is 2.39 bits per heavy atom. The summed E-state index contributed by atoms with van der Waals surface area (Å²) in [4.78, 5) is 54.8. The van der Waals surface area contributed by atoms with Crippen LogP contribution in [0.15, 0.2) is 59.4 Å². The number of aryl methyl sites for hydroxylation is 1. The average Bonchev–Trinajstić information content (AvgIpc) is 3.52. The van der Waals surface area contributed by atoms with E-state index in [9.17, 15) is 19.2 Å². The molecule has 10 heteroatoms. The number of Topliss-reactive ketones (excluding diaryl/α,β-unsaturated/α-hetero) is 1. The molecule has 1 fully saturated rings. The number of hydrogen-bond donors (Lipinski definition) is 1. The van der Waals surface area contributed by atoms with Gasteiger partial charge in [0.05, 0.1) is 24.7 Å². The number of likely N-dealkylation sites (tertiary alicyclic amines) is 1. The second kappa shape index (κ2) is 10.8. The molecule has 1 N–H and O–H groups in total. The molecule has 1 atom stereocenters. The number of benzene rings is 2. The fourth-order valence-electron chi connectivity index (χ4n) is 5.42. The molecule has 0 bridgehead atoms. The molecule has 0 aliphatic carbocycles. The second-order valence-electron chi connectivity index (χ2n) is 11.2. The van der Waals surface area contributed by atoms with E-state index in [0.29, 0.717) is 41.5 Å². The van der Waals surface area contributed by atoms with Crippen LogP contribution in [0.5, 0.6) is 5.75 Å². The highest BCUT2D eigenvalue weighted by molar-refractivity contribution is 6.12.